The van der Waals surface area contributed by atoms with E-state index in [2.05, 4.69) is 4.90 Å². The van der Waals surface area contributed by atoms with Crippen LogP contribution in [0.3, 0.4) is 0 Å². The maximum Gasteiger partial charge on any atom is 0.337 e. The summed E-state index contributed by atoms with van der Waals surface area (Å²) in [6.07, 6.45) is 2.30. The first kappa shape index (κ1) is 15.6. The van der Waals surface area contributed by atoms with Gasteiger partial charge in [-0.1, -0.05) is 12.1 Å². The third-order valence-electron chi connectivity index (χ3n) is 5.46. The lowest BCUT2D eigenvalue weighted by Crippen LogP contribution is -2.56. The lowest BCUT2D eigenvalue weighted by atomic mass is 10.0. The number of nitrogens with zero attached hydrogens (tertiary/aromatic N) is 2. The average molecular weight is 330 g/mol. The molecule has 0 aromatic heterocycles. The Kier molecular flexibility index (Phi) is 3.81. The number of rotatable bonds is 3. The van der Waals surface area contributed by atoms with Crippen molar-refractivity contribution in [2.24, 2.45) is 0 Å². The van der Waals surface area contributed by atoms with Gasteiger partial charge in [0, 0.05) is 32.5 Å². The van der Waals surface area contributed by atoms with Gasteiger partial charge in [-0.3, -0.25) is 9.69 Å². The fourth-order valence-electron chi connectivity index (χ4n) is 4.37. The molecule has 2 atom stereocenters. The van der Waals surface area contributed by atoms with Gasteiger partial charge in [-0.05, 0) is 24.1 Å². The maximum absolute atomic E-state index is 12.4. The zero-order valence-electron chi connectivity index (χ0n) is 13.9. The smallest absolute Gasteiger partial charge is 0.337 e. The average Bonchev–Trinajstić information content (AvgIpc) is 3.08. The van der Waals surface area contributed by atoms with Crippen LogP contribution in [0.4, 0.5) is 0 Å². The zero-order valence-corrected chi connectivity index (χ0v) is 13.9. The molecule has 1 aromatic carbocycles. The van der Waals surface area contributed by atoms with Gasteiger partial charge in [0.05, 0.1) is 25.3 Å². The van der Waals surface area contributed by atoms with E-state index in [9.17, 15) is 9.59 Å². The Labute approximate surface area is 141 Å². The van der Waals surface area contributed by atoms with Crippen molar-refractivity contribution in [2.75, 3.05) is 26.8 Å². The summed E-state index contributed by atoms with van der Waals surface area (Å²) in [5, 5.41) is 0. The molecule has 0 aliphatic carbocycles. The second kappa shape index (κ2) is 5.86. The van der Waals surface area contributed by atoms with E-state index in [1.54, 1.807) is 6.07 Å². The number of amides is 1. The molecule has 3 heterocycles. The summed E-state index contributed by atoms with van der Waals surface area (Å²) in [5.41, 5.74) is 1.19. The lowest BCUT2D eigenvalue weighted by Gasteiger charge is -2.42. The van der Waals surface area contributed by atoms with Gasteiger partial charge in [0.2, 0.25) is 5.91 Å². The van der Waals surface area contributed by atoms with Crippen LogP contribution in [0.25, 0.3) is 0 Å². The highest BCUT2D eigenvalue weighted by atomic mass is 16.5. The van der Waals surface area contributed by atoms with E-state index < -0.39 is 5.72 Å². The van der Waals surface area contributed by atoms with Gasteiger partial charge >= 0.3 is 5.97 Å². The lowest BCUT2D eigenvalue weighted by molar-refractivity contribution is -0.180. The molecule has 6 heteroatoms. The predicted octanol–water partition coefficient (Wildman–Crippen LogP) is 1.40. The topological polar surface area (TPSA) is 59.1 Å². The Bertz CT molecular complexity index is 677. The van der Waals surface area contributed by atoms with E-state index >= 15 is 0 Å². The van der Waals surface area contributed by atoms with Crippen LogP contribution in [-0.4, -0.2) is 60.2 Å². The number of hydrogen-bond acceptors (Lipinski definition) is 5. The molecule has 0 saturated carbocycles. The van der Waals surface area contributed by atoms with Crippen LogP contribution in [0.5, 0.6) is 0 Å². The SMILES string of the molecule is COC(=O)c1cccc(CN2CC[C@@]34OCCCN3C(=O)C[C@@H]24)c1. The van der Waals surface area contributed by atoms with Gasteiger partial charge in [0.15, 0.2) is 5.72 Å². The standard InChI is InChI=1S/C18H22N2O4/c1-23-17(22)14-5-2-4-13(10-14)12-19-8-6-18-15(19)11-16(21)20(18)7-3-9-24-18/h2,4-5,10,15H,3,6-9,11-12H2,1H3/t15-,18+/m1/s1. The van der Waals surface area contributed by atoms with Crippen molar-refractivity contribution in [1.29, 1.82) is 0 Å². The number of ether oxygens (including phenoxy) is 2. The van der Waals surface area contributed by atoms with Crippen LogP contribution in [0.15, 0.2) is 24.3 Å². The van der Waals surface area contributed by atoms with Crippen LogP contribution < -0.4 is 0 Å². The van der Waals surface area contributed by atoms with Crippen LogP contribution in [-0.2, 0) is 20.8 Å². The number of methoxy groups -OCH3 is 1. The molecular weight excluding hydrogens is 308 g/mol. The molecule has 24 heavy (non-hydrogen) atoms. The van der Waals surface area contributed by atoms with Gasteiger partial charge in [0.1, 0.15) is 0 Å². The second-order valence-electron chi connectivity index (χ2n) is 6.72. The van der Waals surface area contributed by atoms with Gasteiger partial charge in [-0.25, -0.2) is 4.79 Å². The number of hydrogen-bond donors (Lipinski definition) is 0. The summed E-state index contributed by atoms with van der Waals surface area (Å²) in [7, 11) is 1.39. The minimum Gasteiger partial charge on any atom is -0.465 e. The van der Waals surface area contributed by atoms with E-state index in [1.807, 2.05) is 23.1 Å². The summed E-state index contributed by atoms with van der Waals surface area (Å²) >= 11 is 0. The molecule has 0 bridgehead atoms. The van der Waals surface area contributed by atoms with Crippen LogP contribution in [0, 0.1) is 0 Å². The molecule has 0 N–H and O–H groups in total. The van der Waals surface area contributed by atoms with Crippen molar-refractivity contribution >= 4 is 11.9 Å². The fourth-order valence-corrected chi connectivity index (χ4v) is 4.37. The van der Waals surface area contributed by atoms with E-state index in [0.29, 0.717) is 18.5 Å². The Balaban J connectivity index is 1.54. The third-order valence-corrected chi connectivity index (χ3v) is 5.46. The van der Waals surface area contributed by atoms with E-state index in [1.165, 1.54) is 7.11 Å². The monoisotopic (exact) mass is 330 g/mol. The first-order chi connectivity index (χ1) is 11.6. The van der Waals surface area contributed by atoms with Crippen molar-refractivity contribution in [3.05, 3.63) is 35.4 Å². The van der Waals surface area contributed by atoms with E-state index in [0.717, 1.165) is 38.1 Å². The highest BCUT2D eigenvalue weighted by Gasteiger charge is 2.60. The highest BCUT2D eigenvalue weighted by molar-refractivity contribution is 5.89. The van der Waals surface area contributed by atoms with Crippen molar-refractivity contribution in [1.82, 2.24) is 9.80 Å². The van der Waals surface area contributed by atoms with Gasteiger partial charge in [0.25, 0.3) is 0 Å². The zero-order chi connectivity index (χ0) is 16.7. The van der Waals surface area contributed by atoms with Gasteiger partial charge in [-0.2, -0.15) is 0 Å². The third kappa shape index (κ3) is 2.32. The second-order valence-corrected chi connectivity index (χ2v) is 6.72. The summed E-state index contributed by atoms with van der Waals surface area (Å²) < 4.78 is 10.9. The van der Waals surface area contributed by atoms with Crippen LogP contribution >= 0.6 is 0 Å². The first-order valence-corrected chi connectivity index (χ1v) is 8.50. The largest absolute Gasteiger partial charge is 0.465 e. The number of likely N-dealkylation sites (tertiary alicyclic amines) is 1. The normalized spacial score (nSPS) is 29.5. The molecule has 6 nitrogen and oxygen atoms in total. The molecule has 1 aromatic rings. The molecule has 3 aliphatic heterocycles. The highest BCUT2D eigenvalue weighted by Crippen LogP contribution is 2.45. The summed E-state index contributed by atoms with van der Waals surface area (Å²) in [6.45, 7) is 3.14. The molecule has 3 aliphatic rings. The van der Waals surface area contributed by atoms with Gasteiger partial charge in [-0.15, -0.1) is 0 Å². The number of carbonyl (C=O) groups is 2. The maximum atomic E-state index is 12.4. The quantitative estimate of drug-likeness (QED) is 0.784. The molecule has 0 radical (unpaired) electrons. The minimum atomic E-state index is -0.421. The summed E-state index contributed by atoms with van der Waals surface area (Å²) in [4.78, 5) is 28.3. The molecule has 4 rings (SSSR count). The number of benzene rings is 1. The molecule has 0 unspecified atom stereocenters. The fraction of sp³-hybridized carbons (Fsp3) is 0.556. The molecule has 1 amide bonds. The Morgan fingerprint density at radius 1 is 1.42 bits per heavy atom. The molecule has 128 valence electrons. The van der Waals surface area contributed by atoms with Crippen molar-refractivity contribution in [3.63, 3.8) is 0 Å². The van der Waals surface area contributed by atoms with Crippen LogP contribution in [0.1, 0.15) is 35.2 Å². The van der Waals surface area contributed by atoms with Crippen molar-refractivity contribution in [2.45, 2.75) is 37.6 Å². The van der Waals surface area contributed by atoms with E-state index in [-0.39, 0.29) is 17.9 Å². The number of carbonyl (C=O) groups excluding carboxylic acids is 2. The van der Waals surface area contributed by atoms with Crippen molar-refractivity contribution < 1.29 is 19.1 Å². The summed E-state index contributed by atoms with van der Waals surface area (Å²) in [6, 6.07) is 7.61. The van der Waals surface area contributed by atoms with E-state index in [4.69, 9.17) is 9.47 Å². The molecule has 3 fully saturated rings. The molecular formula is C18H22N2O4. The predicted molar refractivity (Wildman–Crippen MR) is 86.2 cm³/mol. The Morgan fingerprint density at radius 2 is 2.29 bits per heavy atom. The Morgan fingerprint density at radius 3 is 3.12 bits per heavy atom. The first-order valence-electron chi connectivity index (χ1n) is 8.50. The van der Waals surface area contributed by atoms with Crippen LogP contribution in [0.2, 0.25) is 0 Å². The molecule has 1 spiro atoms. The van der Waals surface area contributed by atoms with Gasteiger partial charge < -0.3 is 14.4 Å². The van der Waals surface area contributed by atoms with Crippen molar-refractivity contribution in [3.8, 4) is 0 Å². The minimum absolute atomic E-state index is 0.104. The number of esters is 1. The molecule has 3 saturated heterocycles. The summed E-state index contributed by atoms with van der Waals surface area (Å²) in [5.74, 6) is -0.125. The Hall–Kier alpha value is -1.92.